The molecule has 0 bridgehead atoms. The van der Waals surface area contributed by atoms with Gasteiger partial charge in [-0.2, -0.15) is 0 Å². The van der Waals surface area contributed by atoms with E-state index in [4.69, 9.17) is 4.42 Å². The van der Waals surface area contributed by atoms with Gasteiger partial charge in [-0.3, -0.25) is 0 Å². The number of halogens is 1. The molecule has 2 N–H and O–H groups in total. The molecular formula is C28H23BrO4. The highest BCUT2D eigenvalue weighted by molar-refractivity contribution is 9.10. The number of aromatic hydroxyl groups is 1. The van der Waals surface area contributed by atoms with E-state index in [-0.39, 0.29) is 17.1 Å². The van der Waals surface area contributed by atoms with Crippen molar-refractivity contribution in [2.45, 2.75) is 19.8 Å². The summed E-state index contributed by atoms with van der Waals surface area (Å²) in [6.07, 6.45) is 0. The molecule has 0 aliphatic rings. The van der Waals surface area contributed by atoms with Crippen LogP contribution in [0.4, 0.5) is 0 Å². The minimum absolute atomic E-state index is 0.000442. The SMILES string of the molecule is C=C(C)/C(=C(/O)c1ccccc1C)C(c1ccc(Br)cc1)c1c(O)c2ccccc2oc1=O. The van der Waals surface area contributed by atoms with Crippen LogP contribution >= 0.6 is 15.9 Å². The van der Waals surface area contributed by atoms with E-state index in [1.807, 2.05) is 55.5 Å². The van der Waals surface area contributed by atoms with E-state index in [9.17, 15) is 15.0 Å². The predicted octanol–water partition coefficient (Wildman–Crippen LogP) is 7.25. The Bertz CT molecular complexity index is 1450. The van der Waals surface area contributed by atoms with E-state index >= 15 is 0 Å². The quantitative estimate of drug-likeness (QED) is 0.171. The van der Waals surface area contributed by atoms with Crippen LogP contribution in [0, 0.1) is 6.92 Å². The Morgan fingerprint density at radius 3 is 2.30 bits per heavy atom. The maximum Gasteiger partial charge on any atom is 0.344 e. The molecule has 0 saturated carbocycles. The smallest absolute Gasteiger partial charge is 0.344 e. The third-order valence-corrected chi connectivity index (χ3v) is 6.24. The number of aliphatic hydroxyl groups is 1. The van der Waals surface area contributed by atoms with Crippen LogP contribution in [0.3, 0.4) is 0 Å². The first kappa shape index (κ1) is 22.6. The van der Waals surface area contributed by atoms with Crippen molar-refractivity contribution >= 4 is 32.7 Å². The fourth-order valence-electron chi connectivity index (χ4n) is 4.10. The van der Waals surface area contributed by atoms with Crippen LogP contribution in [0.5, 0.6) is 5.75 Å². The number of hydrogen-bond donors (Lipinski definition) is 2. The topological polar surface area (TPSA) is 70.7 Å². The van der Waals surface area contributed by atoms with E-state index in [1.165, 1.54) is 0 Å². The first-order valence-corrected chi connectivity index (χ1v) is 11.2. The van der Waals surface area contributed by atoms with Gasteiger partial charge in [-0.25, -0.2) is 4.79 Å². The summed E-state index contributed by atoms with van der Waals surface area (Å²) in [5.74, 6) is -0.984. The zero-order valence-electron chi connectivity index (χ0n) is 18.3. The van der Waals surface area contributed by atoms with Gasteiger partial charge in [-0.1, -0.05) is 76.6 Å². The molecule has 1 atom stereocenters. The van der Waals surface area contributed by atoms with Gasteiger partial charge in [0.25, 0.3) is 0 Å². The molecule has 3 aromatic carbocycles. The van der Waals surface area contributed by atoms with Gasteiger partial charge in [-0.05, 0) is 49.2 Å². The van der Waals surface area contributed by atoms with E-state index in [2.05, 4.69) is 22.5 Å². The number of fused-ring (bicyclic) bond motifs is 1. The van der Waals surface area contributed by atoms with Crippen molar-refractivity contribution in [2.24, 2.45) is 0 Å². The van der Waals surface area contributed by atoms with E-state index in [1.54, 1.807) is 31.2 Å². The molecule has 0 aliphatic heterocycles. The Hall–Kier alpha value is -3.57. The predicted molar refractivity (Wildman–Crippen MR) is 136 cm³/mol. The lowest BCUT2D eigenvalue weighted by Crippen LogP contribution is -2.18. The monoisotopic (exact) mass is 502 g/mol. The Kier molecular flexibility index (Phi) is 6.25. The molecule has 4 aromatic rings. The second-order valence-electron chi connectivity index (χ2n) is 7.99. The van der Waals surface area contributed by atoms with Gasteiger partial charge < -0.3 is 14.6 Å². The molecule has 4 rings (SSSR count). The van der Waals surface area contributed by atoms with Crippen molar-refractivity contribution < 1.29 is 14.6 Å². The average Bonchev–Trinajstić information content (AvgIpc) is 2.79. The zero-order chi connectivity index (χ0) is 23.7. The molecule has 1 unspecified atom stereocenters. The third-order valence-electron chi connectivity index (χ3n) is 5.72. The molecule has 1 aromatic heterocycles. The highest BCUT2D eigenvalue weighted by atomic mass is 79.9. The number of para-hydroxylation sites is 1. The van der Waals surface area contributed by atoms with Gasteiger partial charge in [0.1, 0.15) is 17.1 Å². The number of hydrogen-bond acceptors (Lipinski definition) is 4. The molecule has 166 valence electrons. The largest absolute Gasteiger partial charge is 0.507 e. The first-order valence-electron chi connectivity index (χ1n) is 10.4. The number of benzene rings is 3. The normalized spacial score (nSPS) is 12.9. The second kappa shape index (κ2) is 9.12. The minimum Gasteiger partial charge on any atom is -0.507 e. The second-order valence-corrected chi connectivity index (χ2v) is 8.91. The average molecular weight is 503 g/mol. The summed E-state index contributed by atoms with van der Waals surface area (Å²) < 4.78 is 6.44. The van der Waals surface area contributed by atoms with Crippen LogP contribution in [0.15, 0.2) is 104 Å². The van der Waals surface area contributed by atoms with Gasteiger partial charge in [-0.15, -0.1) is 0 Å². The molecule has 0 saturated heterocycles. The zero-order valence-corrected chi connectivity index (χ0v) is 19.9. The van der Waals surface area contributed by atoms with Crippen LogP contribution in [0.2, 0.25) is 0 Å². The lowest BCUT2D eigenvalue weighted by Gasteiger charge is -2.24. The van der Waals surface area contributed by atoms with Crippen LogP contribution in [0.1, 0.15) is 35.1 Å². The highest BCUT2D eigenvalue weighted by Crippen LogP contribution is 2.43. The standard InChI is InChI=1S/C28H23BrO4/c1-16(2)23(26(30)20-9-5-4-8-17(20)3)24(18-12-14-19(29)15-13-18)25-27(31)21-10-6-7-11-22(21)33-28(25)32/h4-15,24,30-31H,1H2,2-3H3/b26-23-. The summed E-state index contributed by atoms with van der Waals surface area (Å²) >= 11 is 3.44. The summed E-state index contributed by atoms with van der Waals surface area (Å²) in [5.41, 5.74) is 2.88. The van der Waals surface area contributed by atoms with Crippen molar-refractivity contribution in [3.8, 4) is 5.75 Å². The Morgan fingerprint density at radius 1 is 1.00 bits per heavy atom. The van der Waals surface area contributed by atoms with Gasteiger partial charge >= 0.3 is 5.63 Å². The molecule has 33 heavy (non-hydrogen) atoms. The van der Waals surface area contributed by atoms with E-state index in [0.717, 1.165) is 10.0 Å². The van der Waals surface area contributed by atoms with Crippen molar-refractivity contribution in [1.29, 1.82) is 0 Å². The Balaban J connectivity index is 2.11. The van der Waals surface area contributed by atoms with E-state index in [0.29, 0.717) is 33.2 Å². The lowest BCUT2D eigenvalue weighted by atomic mass is 9.80. The summed E-state index contributed by atoms with van der Waals surface area (Å²) in [6, 6.07) is 21.7. The molecule has 0 radical (unpaired) electrons. The molecule has 0 amide bonds. The van der Waals surface area contributed by atoms with Gasteiger partial charge in [0.05, 0.1) is 10.9 Å². The van der Waals surface area contributed by atoms with Crippen molar-refractivity contribution in [2.75, 3.05) is 0 Å². The number of allylic oxidation sites excluding steroid dienone is 2. The third kappa shape index (κ3) is 4.24. The summed E-state index contributed by atoms with van der Waals surface area (Å²) in [5, 5.41) is 23.1. The van der Waals surface area contributed by atoms with Crippen molar-refractivity contribution in [3.63, 3.8) is 0 Å². The number of aliphatic hydroxyl groups excluding tert-OH is 1. The fourth-order valence-corrected chi connectivity index (χ4v) is 4.37. The van der Waals surface area contributed by atoms with Gasteiger partial charge in [0.15, 0.2) is 0 Å². The minimum atomic E-state index is -0.809. The summed E-state index contributed by atoms with van der Waals surface area (Å²) in [7, 11) is 0. The van der Waals surface area contributed by atoms with Gasteiger partial charge in [0, 0.05) is 21.5 Å². The van der Waals surface area contributed by atoms with Crippen molar-refractivity contribution in [1.82, 2.24) is 0 Å². The Morgan fingerprint density at radius 2 is 1.64 bits per heavy atom. The maximum absolute atomic E-state index is 13.2. The van der Waals surface area contributed by atoms with Crippen LogP contribution in [-0.4, -0.2) is 10.2 Å². The number of aryl methyl sites for hydroxylation is 1. The highest BCUT2D eigenvalue weighted by Gasteiger charge is 2.31. The molecule has 0 spiro atoms. The van der Waals surface area contributed by atoms with Crippen LogP contribution in [0.25, 0.3) is 16.7 Å². The van der Waals surface area contributed by atoms with Crippen LogP contribution < -0.4 is 5.63 Å². The van der Waals surface area contributed by atoms with E-state index < -0.39 is 11.5 Å². The van der Waals surface area contributed by atoms with Crippen LogP contribution in [-0.2, 0) is 0 Å². The Labute approximate surface area is 200 Å². The summed E-state index contributed by atoms with van der Waals surface area (Å²) in [4.78, 5) is 13.2. The molecule has 1 heterocycles. The lowest BCUT2D eigenvalue weighted by molar-refractivity contribution is 0.453. The molecular weight excluding hydrogens is 480 g/mol. The van der Waals surface area contributed by atoms with Crippen molar-refractivity contribution in [3.05, 3.63) is 128 Å². The summed E-state index contributed by atoms with van der Waals surface area (Å²) in [6.45, 7) is 7.78. The van der Waals surface area contributed by atoms with Gasteiger partial charge in [0.2, 0.25) is 0 Å². The molecule has 5 heteroatoms. The molecule has 4 nitrogen and oxygen atoms in total. The first-order chi connectivity index (χ1) is 15.8. The fraction of sp³-hybridized carbons (Fsp3) is 0.107. The number of rotatable bonds is 5. The molecule has 0 fully saturated rings. The maximum atomic E-state index is 13.2. The molecule has 0 aliphatic carbocycles.